The van der Waals surface area contributed by atoms with Gasteiger partial charge in [0.15, 0.2) is 9.84 Å². The molecule has 3 amide bonds. The van der Waals surface area contributed by atoms with Crippen molar-refractivity contribution in [3.8, 4) is 0 Å². The summed E-state index contributed by atoms with van der Waals surface area (Å²) >= 11 is 0. The van der Waals surface area contributed by atoms with Gasteiger partial charge in [-0.15, -0.1) is 0 Å². The smallest absolute Gasteiger partial charge is 0.321 e. The van der Waals surface area contributed by atoms with E-state index in [9.17, 15) is 18.0 Å². The molecule has 210 valence electrons. The van der Waals surface area contributed by atoms with Gasteiger partial charge in [0.25, 0.3) is 0 Å². The molecule has 1 saturated heterocycles. The van der Waals surface area contributed by atoms with Crippen LogP contribution in [0, 0.1) is 5.92 Å². The van der Waals surface area contributed by atoms with Crippen molar-refractivity contribution in [2.75, 3.05) is 45.3 Å². The van der Waals surface area contributed by atoms with Crippen LogP contribution in [-0.4, -0.2) is 80.6 Å². The molecule has 1 aliphatic heterocycles. The summed E-state index contributed by atoms with van der Waals surface area (Å²) in [6.45, 7) is 1.30. The fraction of sp³-hybridized carbons (Fsp3) is 0.533. The molecule has 0 unspecified atom stereocenters. The Hall–Kier alpha value is -2.91. The van der Waals surface area contributed by atoms with Gasteiger partial charge in [0, 0.05) is 30.6 Å². The van der Waals surface area contributed by atoms with E-state index in [1.54, 1.807) is 17.0 Å². The summed E-state index contributed by atoms with van der Waals surface area (Å²) in [7, 11) is 0.988. The molecule has 2 saturated carbocycles. The topological polar surface area (TPSA) is 90.0 Å². The molecule has 39 heavy (non-hydrogen) atoms. The number of nitrogens with one attached hydrogen (secondary N) is 1. The minimum atomic E-state index is -3.31. The Bertz CT molecular complexity index is 1300. The second kappa shape index (κ2) is 10.6. The van der Waals surface area contributed by atoms with Crippen LogP contribution >= 0.6 is 0 Å². The zero-order valence-electron chi connectivity index (χ0n) is 23.2. The average Bonchev–Trinajstić information content (AvgIpc) is 3.11. The number of amides is 3. The van der Waals surface area contributed by atoms with Gasteiger partial charge >= 0.3 is 6.03 Å². The van der Waals surface area contributed by atoms with Gasteiger partial charge < -0.3 is 15.1 Å². The van der Waals surface area contributed by atoms with Crippen LogP contribution in [0.4, 0.5) is 10.5 Å². The Morgan fingerprint density at radius 2 is 1.64 bits per heavy atom. The molecule has 2 aromatic carbocycles. The van der Waals surface area contributed by atoms with Crippen molar-refractivity contribution in [1.82, 2.24) is 14.7 Å². The van der Waals surface area contributed by atoms with Crippen LogP contribution in [0.2, 0.25) is 0 Å². The maximum atomic E-state index is 13.8. The molecule has 0 atom stereocenters. The Balaban J connectivity index is 1.31. The summed E-state index contributed by atoms with van der Waals surface area (Å²) in [5.41, 5.74) is 1.49. The SMILES string of the molecule is CN(C)C1(c2ccccc2)CCC2(CC1)CN(CC(=O)Nc1ccc(S(C)(=O)=O)cc1)C(=O)N2CC1CCC1. The van der Waals surface area contributed by atoms with Gasteiger partial charge in [-0.3, -0.25) is 9.69 Å². The van der Waals surface area contributed by atoms with E-state index in [-0.39, 0.29) is 34.5 Å². The molecule has 2 aromatic rings. The number of nitrogens with zero attached hydrogens (tertiary/aromatic N) is 3. The molecular weight excluding hydrogens is 512 g/mol. The molecule has 9 heteroatoms. The van der Waals surface area contributed by atoms with Crippen molar-refractivity contribution >= 4 is 27.5 Å². The Kier molecular flexibility index (Phi) is 7.50. The number of carbonyl (C=O) groups is 2. The van der Waals surface area contributed by atoms with Crippen molar-refractivity contribution in [1.29, 1.82) is 0 Å². The molecule has 8 nitrogen and oxygen atoms in total. The van der Waals surface area contributed by atoms with E-state index in [2.05, 4.69) is 59.5 Å². The maximum absolute atomic E-state index is 13.8. The van der Waals surface area contributed by atoms with E-state index in [4.69, 9.17) is 0 Å². The zero-order valence-corrected chi connectivity index (χ0v) is 24.0. The summed E-state index contributed by atoms with van der Waals surface area (Å²) in [4.78, 5) is 33.1. The molecule has 5 rings (SSSR count). The average molecular weight is 553 g/mol. The third kappa shape index (κ3) is 5.43. The lowest BCUT2D eigenvalue weighted by Crippen LogP contribution is -2.56. The highest BCUT2D eigenvalue weighted by molar-refractivity contribution is 7.90. The highest BCUT2D eigenvalue weighted by Gasteiger charge is 2.55. The van der Waals surface area contributed by atoms with E-state index < -0.39 is 9.84 Å². The van der Waals surface area contributed by atoms with Crippen LogP contribution < -0.4 is 5.32 Å². The monoisotopic (exact) mass is 552 g/mol. The third-order valence-electron chi connectivity index (χ3n) is 9.30. The highest BCUT2D eigenvalue weighted by atomic mass is 32.2. The number of hydrogen-bond acceptors (Lipinski definition) is 5. The molecule has 2 aliphatic carbocycles. The van der Waals surface area contributed by atoms with Gasteiger partial charge in [0.1, 0.15) is 6.54 Å². The predicted molar refractivity (Wildman–Crippen MR) is 152 cm³/mol. The Labute approximate surface area is 232 Å². The number of sulfone groups is 1. The summed E-state index contributed by atoms with van der Waals surface area (Å²) in [6, 6.07) is 16.7. The van der Waals surface area contributed by atoms with Gasteiger partial charge in [0.05, 0.1) is 10.4 Å². The van der Waals surface area contributed by atoms with Crippen molar-refractivity contribution < 1.29 is 18.0 Å². The molecular formula is C30H40N4O4S. The first-order valence-corrected chi connectivity index (χ1v) is 15.8. The van der Waals surface area contributed by atoms with E-state index in [1.807, 2.05) is 0 Å². The van der Waals surface area contributed by atoms with Crippen LogP contribution in [0.1, 0.15) is 50.5 Å². The quantitative estimate of drug-likeness (QED) is 0.526. The Morgan fingerprint density at radius 3 is 2.18 bits per heavy atom. The van der Waals surface area contributed by atoms with Crippen LogP contribution in [0.5, 0.6) is 0 Å². The molecule has 0 bridgehead atoms. The number of urea groups is 1. The minimum absolute atomic E-state index is 0.0207. The molecule has 3 fully saturated rings. The fourth-order valence-corrected chi connectivity index (χ4v) is 7.30. The lowest BCUT2D eigenvalue weighted by Gasteiger charge is -2.51. The lowest BCUT2D eigenvalue weighted by molar-refractivity contribution is -0.116. The van der Waals surface area contributed by atoms with Crippen LogP contribution in [0.25, 0.3) is 0 Å². The van der Waals surface area contributed by atoms with E-state index in [0.717, 1.165) is 51.3 Å². The van der Waals surface area contributed by atoms with Gasteiger partial charge in [0.2, 0.25) is 5.91 Å². The molecule has 1 heterocycles. The largest absolute Gasteiger partial charge is 0.325 e. The molecule has 0 aromatic heterocycles. The third-order valence-corrected chi connectivity index (χ3v) is 10.4. The maximum Gasteiger partial charge on any atom is 0.321 e. The fourth-order valence-electron chi connectivity index (χ4n) is 6.67. The lowest BCUT2D eigenvalue weighted by atomic mass is 9.68. The first-order chi connectivity index (χ1) is 18.5. The van der Waals surface area contributed by atoms with E-state index >= 15 is 0 Å². The summed E-state index contributed by atoms with van der Waals surface area (Å²) < 4.78 is 23.5. The van der Waals surface area contributed by atoms with E-state index in [0.29, 0.717) is 18.2 Å². The number of benzene rings is 2. The van der Waals surface area contributed by atoms with Gasteiger partial charge in [-0.2, -0.15) is 0 Å². The van der Waals surface area contributed by atoms with Gasteiger partial charge in [-0.25, -0.2) is 13.2 Å². The van der Waals surface area contributed by atoms with Crippen LogP contribution in [0.3, 0.4) is 0 Å². The van der Waals surface area contributed by atoms with Crippen molar-refractivity contribution in [3.63, 3.8) is 0 Å². The molecule has 1 N–H and O–H groups in total. The molecule has 1 spiro atoms. The van der Waals surface area contributed by atoms with Crippen LogP contribution in [0.15, 0.2) is 59.5 Å². The Morgan fingerprint density at radius 1 is 1.00 bits per heavy atom. The summed E-state index contributed by atoms with van der Waals surface area (Å²) in [5, 5.41) is 2.83. The highest BCUT2D eigenvalue weighted by Crippen LogP contribution is 2.49. The second-order valence-electron chi connectivity index (χ2n) is 11.9. The normalized spacial score (nSPS) is 25.8. The number of anilines is 1. The van der Waals surface area contributed by atoms with Gasteiger partial charge in [-0.1, -0.05) is 36.8 Å². The zero-order chi connectivity index (χ0) is 27.8. The second-order valence-corrected chi connectivity index (χ2v) is 13.9. The van der Waals surface area contributed by atoms with E-state index in [1.165, 1.54) is 24.1 Å². The molecule has 3 aliphatic rings. The summed E-state index contributed by atoms with van der Waals surface area (Å²) in [5.74, 6) is 0.265. The summed E-state index contributed by atoms with van der Waals surface area (Å²) in [6.07, 6.45) is 8.38. The number of carbonyl (C=O) groups excluding carboxylic acids is 2. The first kappa shape index (κ1) is 27.6. The van der Waals surface area contributed by atoms with Crippen molar-refractivity contribution in [3.05, 3.63) is 60.2 Å². The van der Waals surface area contributed by atoms with Crippen molar-refractivity contribution in [2.24, 2.45) is 5.92 Å². The number of rotatable bonds is 8. The molecule has 0 radical (unpaired) electrons. The standard InChI is InChI=1S/C30H40N4O4S/c1-32(2)30(24-10-5-4-6-11-24)18-16-29(17-19-30)22-33(28(36)34(29)20-23-8-7-9-23)21-27(35)31-25-12-14-26(15-13-25)39(3,37)38/h4-6,10-15,23H,7-9,16-22H2,1-3H3,(H,31,35). The predicted octanol–water partition coefficient (Wildman–Crippen LogP) is 4.34. The van der Waals surface area contributed by atoms with Gasteiger partial charge in [-0.05, 0) is 88.4 Å². The minimum Gasteiger partial charge on any atom is -0.325 e. The number of hydrogen-bond donors (Lipinski definition) is 1. The first-order valence-electron chi connectivity index (χ1n) is 13.9. The van der Waals surface area contributed by atoms with Crippen molar-refractivity contribution in [2.45, 2.75) is 60.9 Å². The van der Waals surface area contributed by atoms with Crippen LogP contribution in [-0.2, 0) is 20.2 Å².